The predicted octanol–water partition coefficient (Wildman–Crippen LogP) is 27.9. The van der Waals surface area contributed by atoms with Crippen LogP contribution in [0.3, 0.4) is 0 Å². The van der Waals surface area contributed by atoms with Gasteiger partial charge in [0.05, 0.1) is 39.2 Å². The summed E-state index contributed by atoms with van der Waals surface area (Å²) in [6.45, 7) is 5.30. The van der Waals surface area contributed by atoms with E-state index in [1.165, 1.54) is 168 Å². The fourth-order valence-corrected chi connectivity index (χ4v) is 31.4. The van der Waals surface area contributed by atoms with Gasteiger partial charge in [0.15, 0.2) is 40.7 Å². The molecule has 12 bridgehead atoms. The van der Waals surface area contributed by atoms with E-state index in [1.807, 2.05) is 0 Å². The molecule has 668 valence electrons. The van der Waals surface area contributed by atoms with E-state index in [2.05, 4.69) is 219 Å². The van der Waals surface area contributed by atoms with Crippen LogP contribution in [-0.4, -0.2) is 83.2 Å². The average Bonchev–Trinajstić information content (AvgIpc) is 0.816. The molecule has 15 aliphatic rings. The molecule has 0 N–H and O–H groups in total. The van der Waals surface area contributed by atoms with Crippen LogP contribution >= 0.6 is 0 Å². The molecular formula is C105H128F9O7S3+3. The van der Waals surface area contributed by atoms with Crippen molar-refractivity contribution >= 4 is 56.4 Å². The number of esters is 3. The van der Waals surface area contributed by atoms with Crippen molar-refractivity contribution in [2.45, 2.75) is 303 Å². The molecule has 1 saturated heterocycles. The van der Waals surface area contributed by atoms with Crippen LogP contribution in [0, 0.1) is 69.5 Å². The molecule has 19 heteroatoms. The first-order valence-corrected chi connectivity index (χ1v) is 50.1. The van der Waals surface area contributed by atoms with E-state index in [0.29, 0.717) is 67.5 Å². The average molecular weight is 1770 g/mol. The number of hydrogen-bond acceptors (Lipinski definition) is 7. The Balaban J connectivity index is 0.000000122. The highest BCUT2D eigenvalue weighted by Gasteiger charge is 2.62. The summed E-state index contributed by atoms with van der Waals surface area (Å²) in [7, 11) is 0.230. The summed E-state index contributed by atoms with van der Waals surface area (Å²) < 4.78 is 130. The van der Waals surface area contributed by atoms with E-state index in [0.717, 1.165) is 99.9 Å². The van der Waals surface area contributed by atoms with E-state index in [-0.39, 0.29) is 62.3 Å². The second-order valence-corrected chi connectivity index (χ2v) is 46.6. The molecule has 1 unspecified atom stereocenters. The summed E-state index contributed by atoms with van der Waals surface area (Å²) in [6, 6.07) is 72.1. The molecular weight excluding hydrogens is 1640 g/mol. The lowest BCUT2D eigenvalue weighted by molar-refractivity contribution is -0.279. The van der Waals surface area contributed by atoms with Crippen molar-refractivity contribution < 1.29 is 72.9 Å². The molecule has 7 aromatic carbocycles. The molecule has 1 atom stereocenters. The molecule has 14 aliphatic carbocycles. The maximum absolute atomic E-state index is 13.2. The van der Waals surface area contributed by atoms with Crippen LogP contribution in [0.4, 0.5) is 39.5 Å². The fourth-order valence-electron chi connectivity index (χ4n) is 24.5. The van der Waals surface area contributed by atoms with Gasteiger partial charge in [0.2, 0.25) is 5.78 Å². The van der Waals surface area contributed by atoms with Crippen LogP contribution in [-0.2, 0) is 61.3 Å². The van der Waals surface area contributed by atoms with Gasteiger partial charge in [-0.25, -0.2) is 22.4 Å². The number of ketones is 1. The number of alkyl halides is 9. The minimum absolute atomic E-state index is 0.0146. The lowest BCUT2D eigenvalue weighted by atomic mass is 9.49. The Labute approximate surface area is 738 Å². The summed E-state index contributed by atoms with van der Waals surface area (Å²) in [5, 5.41) is 0. The van der Waals surface area contributed by atoms with Gasteiger partial charge in [0.1, 0.15) is 11.5 Å². The van der Waals surface area contributed by atoms with Gasteiger partial charge in [0, 0.05) is 42.6 Å². The van der Waals surface area contributed by atoms with Gasteiger partial charge in [-0.2, -0.15) is 22.0 Å². The third-order valence-corrected chi connectivity index (χ3v) is 36.7. The van der Waals surface area contributed by atoms with Gasteiger partial charge < -0.3 is 14.2 Å². The molecule has 15 fully saturated rings. The smallest absolute Gasteiger partial charge is 0.431 e. The van der Waals surface area contributed by atoms with Crippen molar-refractivity contribution in [2.75, 3.05) is 24.7 Å². The Kier molecular flexibility index (Phi) is 30.3. The fraction of sp³-hybridized carbons (Fsp3) is 0.562. The first-order valence-electron chi connectivity index (χ1n) is 46.1. The number of halogens is 9. The molecule has 0 spiro atoms. The molecule has 1 heterocycles. The number of carbonyl (C=O) groups excluding carboxylic acids is 4. The summed E-state index contributed by atoms with van der Waals surface area (Å²) >= 11 is 0. The Morgan fingerprint density at radius 1 is 0.379 bits per heavy atom. The van der Waals surface area contributed by atoms with Gasteiger partial charge in [-0.3, -0.25) is 14.4 Å². The maximum atomic E-state index is 13.2. The second kappa shape index (κ2) is 40.4. The van der Waals surface area contributed by atoms with Crippen LogP contribution in [0.1, 0.15) is 261 Å². The van der Waals surface area contributed by atoms with Crippen molar-refractivity contribution in [1.29, 1.82) is 0 Å². The van der Waals surface area contributed by atoms with Crippen molar-refractivity contribution in [3.05, 3.63) is 217 Å². The zero-order chi connectivity index (χ0) is 87.7. The van der Waals surface area contributed by atoms with Crippen LogP contribution in [0.5, 0.6) is 0 Å². The van der Waals surface area contributed by atoms with Gasteiger partial charge in [0.25, 0.3) is 17.9 Å². The first kappa shape index (κ1) is 93.2. The Morgan fingerprint density at radius 2 is 0.685 bits per heavy atom. The van der Waals surface area contributed by atoms with Crippen molar-refractivity contribution in [3.63, 3.8) is 0 Å². The number of ether oxygens (including phenoxy) is 3. The molecule has 0 aromatic heterocycles. The number of Topliss-reactive ketones (excluding diaryl/α,β-unsaturated/α-hetero) is 1. The molecule has 0 amide bonds. The predicted molar refractivity (Wildman–Crippen MR) is 477 cm³/mol. The molecule has 22 rings (SSSR count). The topological polar surface area (TPSA) is 96.0 Å². The minimum Gasteiger partial charge on any atom is -0.461 e. The van der Waals surface area contributed by atoms with Gasteiger partial charge >= 0.3 is 30.0 Å². The number of carbonyl (C=O) groups is 4. The van der Waals surface area contributed by atoms with Crippen molar-refractivity contribution in [2.24, 2.45) is 69.5 Å². The van der Waals surface area contributed by atoms with Crippen LogP contribution in [0.25, 0.3) is 0 Å². The third-order valence-electron chi connectivity index (χ3n) is 29.1. The SMILES string of the molecule is CC(C)(C(=O)c1ccc(C2CCCCC2)cc1)[S+]1CCCC1.CC(F)(F)C(=O)OCC12CC3CC(CC(C3)C1)C2.CC(F)(F)C(OC(=O)C12CC3CC(CC(C3)C1)C2)C(F)(F)F.CC(F)(F)COC(=O)C12CC3CC(CC(C3)C1)C2.c1ccc([S+](c2ccccc2)c2ccc(C3CCCCC3)cc2)cc1.c1ccc([S+](c2ccccc2)c2ccccc2)cc1. The number of benzene rings is 7. The summed E-state index contributed by atoms with van der Waals surface area (Å²) in [5.74, 6) is -3.76. The van der Waals surface area contributed by atoms with E-state index in [1.54, 1.807) is 0 Å². The quantitative estimate of drug-likeness (QED) is 0.0247. The maximum Gasteiger partial charge on any atom is 0.431 e. The second-order valence-electron chi connectivity index (χ2n) is 39.7. The van der Waals surface area contributed by atoms with Crippen molar-refractivity contribution in [1.82, 2.24) is 0 Å². The van der Waals surface area contributed by atoms with Crippen LogP contribution in [0.2, 0.25) is 0 Å². The Bertz CT molecular complexity index is 4320. The van der Waals surface area contributed by atoms with Crippen molar-refractivity contribution in [3.8, 4) is 0 Å². The third kappa shape index (κ3) is 23.7. The van der Waals surface area contributed by atoms with Crippen LogP contribution < -0.4 is 0 Å². The Hall–Kier alpha value is -6.96. The molecule has 7 aromatic rings. The standard InChI is InChI=1S/C24H25S.C20H29OS.C18H15S.C15H19F5O2.2C14H20F2O2/c1-4-10-20(11-5-1)21-16-18-24(19-17-21)25(22-12-6-2-7-13-22)23-14-8-3-9-15-23;1-20(2,22-14-6-7-15-22)19(21)18-12-10-17(11-13-18)16-8-4-3-5-9-16;1-4-10-16(11-5-1)19(17-12-6-2-7-13-17)18-14-8-3-9-15-18;1-13(16,17)11(15(18,19)20)22-12(21)14-5-8-2-9(6-14)4-10(3-8)7-14;1-13(15,16)12(17)18-8-14-5-9-2-10(6-14)4-11(3-9)7-14;1-13(15,16)8-18-12(17)14-5-9-2-10(6-14)4-11(3-9)7-14/h2-3,6-9,12-20H,1,4-5,10-11H2;10-13,16H,3-9,14-15H2,1-2H3;1-15H;8-11H,2-7H2,1H3;2*9-11H,2-8H2,1H3/q3*+1;;;. The largest absolute Gasteiger partial charge is 0.461 e. The first-order chi connectivity index (χ1) is 59.2. The summed E-state index contributed by atoms with van der Waals surface area (Å²) in [6.07, 6.45) is 25.5. The van der Waals surface area contributed by atoms with Gasteiger partial charge in [-0.1, -0.05) is 166 Å². The summed E-state index contributed by atoms with van der Waals surface area (Å²) in [4.78, 5) is 56.9. The summed E-state index contributed by atoms with van der Waals surface area (Å²) in [5.41, 5.74) is 2.54. The highest BCUT2D eigenvalue weighted by molar-refractivity contribution is 7.99. The van der Waals surface area contributed by atoms with Gasteiger partial charge in [-0.05, 0) is 317 Å². The number of hydrogen-bond donors (Lipinski definition) is 0. The molecule has 7 nitrogen and oxygen atoms in total. The molecule has 14 saturated carbocycles. The zero-order valence-corrected chi connectivity index (χ0v) is 75.5. The highest BCUT2D eigenvalue weighted by Crippen LogP contribution is 2.63. The zero-order valence-electron chi connectivity index (χ0n) is 73.0. The minimum atomic E-state index is -5.27. The lowest BCUT2D eigenvalue weighted by Gasteiger charge is -2.56. The number of rotatable bonds is 20. The van der Waals surface area contributed by atoms with E-state index in [9.17, 15) is 58.7 Å². The Morgan fingerprint density at radius 3 is 0.992 bits per heavy atom. The van der Waals surface area contributed by atoms with E-state index >= 15 is 0 Å². The van der Waals surface area contributed by atoms with E-state index < -0.39 is 59.4 Å². The lowest BCUT2D eigenvalue weighted by Crippen LogP contribution is -2.54. The molecule has 0 radical (unpaired) electrons. The normalized spacial score (nSPS) is 27.6. The van der Waals surface area contributed by atoms with Gasteiger partial charge in [-0.15, -0.1) is 0 Å². The highest BCUT2D eigenvalue weighted by atomic mass is 32.2. The molecule has 1 aliphatic heterocycles. The molecule has 124 heavy (non-hydrogen) atoms. The van der Waals surface area contributed by atoms with Crippen LogP contribution in [0.15, 0.2) is 230 Å². The monoisotopic (exact) mass is 1770 g/mol. The van der Waals surface area contributed by atoms with E-state index in [4.69, 9.17) is 9.47 Å².